The number of amides is 1. The number of carboxylic acids is 1. The fourth-order valence-corrected chi connectivity index (χ4v) is 1.78. The van der Waals surface area contributed by atoms with Crippen molar-refractivity contribution in [2.45, 2.75) is 19.9 Å². The minimum Gasteiger partial charge on any atom is -0.548 e. The summed E-state index contributed by atoms with van der Waals surface area (Å²) in [5.74, 6) is -2.51. The maximum atomic E-state index is 11.9. The van der Waals surface area contributed by atoms with Crippen molar-refractivity contribution in [3.63, 3.8) is 0 Å². The number of carboxylic acid groups (broad SMARTS) is 1. The number of carbonyl (C=O) groups excluding carboxylic acids is 2. The first-order chi connectivity index (χ1) is 9.23. The van der Waals surface area contributed by atoms with Crippen LogP contribution >= 0.6 is 11.6 Å². The smallest absolute Gasteiger partial charge is 0.270 e. The fourth-order valence-electron chi connectivity index (χ4n) is 1.52. The van der Waals surface area contributed by atoms with Gasteiger partial charge in [0.15, 0.2) is 0 Å². The van der Waals surface area contributed by atoms with Crippen LogP contribution in [0.1, 0.15) is 24.2 Å². The molecule has 0 aliphatic rings. The highest BCUT2D eigenvalue weighted by Crippen LogP contribution is 2.22. The van der Waals surface area contributed by atoms with E-state index in [-0.39, 0.29) is 22.2 Å². The number of nitro groups is 1. The average molecular weight is 300 g/mol. The molecule has 0 bridgehead atoms. The molecule has 20 heavy (non-hydrogen) atoms. The summed E-state index contributed by atoms with van der Waals surface area (Å²) >= 11 is 5.78. The van der Waals surface area contributed by atoms with E-state index in [1.165, 1.54) is 6.07 Å². The zero-order chi connectivity index (χ0) is 15.4. The number of nitro benzene ring substituents is 1. The zero-order valence-corrected chi connectivity index (χ0v) is 11.5. The van der Waals surface area contributed by atoms with Crippen LogP contribution in [-0.4, -0.2) is 22.8 Å². The Balaban J connectivity index is 2.98. The van der Waals surface area contributed by atoms with Gasteiger partial charge in [0.25, 0.3) is 11.6 Å². The molecule has 1 aromatic rings. The molecule has 0 spiro atoms. The minimum atomic E-state index is -1.41. The first-order valence-corrected chi connectivity index (χ1v) is 6.07. The van der Waals surface area contributed by atoms with Crippen molar-refractivity contribution >= 4 is 29.2 Å². The molecule has 0 fully saturated rings. The van der Waals surface area contributed by atoms with Crippen molar-refractivity contribution in [1.82, 2.24) is 5.32 Å². The van der Waals surface area contributed by atoms with Crippen molar-refractivity contribution in [1.29, 1.82) is 0 Å². The molecule has 0 unspecified atom stereocenters. The van der Waals surface area contributed by atoms with E-state index in [1.54, 1.807) is 13.8 Å². The van der Waals surface area contributed by atoms with Crippen molar-refractivity contribution in [2.75, 3.05) is 0 Å². The number of hydrogen-bond acceptors (Lipinski definition) is 5. The van der Waals surface area contributed by atoms with E-state index in [9.17, 15) is 24.8 Å². The third kappa shape index (κ3) is 3.67. The Hall–Kier alpha value is -2.15. The van der Waals surface area contributed by atoms with E-state index in [0.717, 1.165) is 12.1 Å². The molecule has 1 aromatic carbocycles. The van der Waals surface area contributed by atoms with Crippen LogP contribution in [-0.2, 0) is 4.79 Å². The van der Waals surface area contributed by atoms with Gasteiger partial charge in [0.2, 0.25) is 0 Å². The quantitative estimate of drug-likeness (QED) is 0.637. The second kappa shape index (κ2) is 6.33. The lowest BCUT2D eigenvalue weighted by atomic mass is 10.0. The molecule has 8 heteroatoms. The van der Waals surface area contributed by atoms with E-state index in [4.69, 9.17) is 11.6 Å². The standard InChI is InChI=1S/C12H13ClN2O5/c1-6(2)10(12(17)18)14-11(16)8-4-3-7(15(19)20)5-9(8)13/h3-6,10H,1-2H3,(H,14,16)(H,17,18)/p-1/t10-/m0/s1. The monoisotopic (exact) mass is 299 g/mol. The van der Waals surface area contributed by atoms with Crippen LogP contribution in [0.2, 0.25) is 5.02 Å². The molecule has 1 amide bonds. The maximum Gasteiger partial charge on any atom is 0.270 e. The van der Waals surface area contributed by atoms with E-state index < -0.39 is 22.8 Å². The number of benzene rings is 1. The Morgan fingerprint density at radius 1 is 1.35 bits per heavy atom. The molecule has 0 aromatic heterocycles. The molecule has 108 valence electrons. The lowest BCUT2D eigenvalue weighted by molar-refractivity contribution is -0.384. The van der Waals surface area contributed by atoms with Crippen LogP contribution in [0.4, 0.5) is 5.69 Å². The summed E-state index contributed by atoms with van der Waals surface area (Å²) in [5, 5.41) is 23.6. The number of carbonyl (C=O) groups is 2. The molecule has 0 heterocycles. The van der Waals surface area contributed by atoms with Gasteiger partial charge in [-0.3, -0.25) is 14.9 Å². The molecule has 1 N–H and O–H groups in total. The number of nitrogens with one attached hydrogen (secondary N) is 1. The molecular weight excluding hydrogens is 288 g/mol. The molecular formula is C12H12ClN2O5-. The first-order valence-electron chi connectivity index (χ1n) is 5.69. The largest absolute Gasteiger partial charge is 0.548 e. The molecule has 1 atom stereocenters. The number of halogens is 1. The van der Waals surface area contributed by atoms with Crippen molar-refractivity contribution in [2.24, 2.45) is 5.92 Å². The Kier molecular flexibility index (Phi) is 5.04. The second-order valence-electron chi connectivity index (χ2n) is 4.44. The Morgan fingerprint density at radius 3 is 2.35 bits per heavy atom. The third-order valence-corrected chi connectivity index (χ3v) is 2.93. The van der Waals surface area contributed by atoms with Gasteiger partial charge >= 0.3 is 0 Å². The lowest BCUT2D eigenvalue weighted by Gasteiger charge is -2.23. The Morgan fingerprint density at radius 2 is 1.95 bits per heavy atom. The molecule has 0 aliphatic heterocycles. The first kappa shape index (κ1) is 15.9. The van der Waals surface area contributed by atoms with Gasteiger partial charge in [-0.15, -0.1) is 0 Å². The van der Waals surface area contributed by atoms with Crippen LogP contribution in [0.15, 0.2) is 18.2 Å². The van der Waals surface area contributed by atoms with Crippen molar-refractivity contribution < 1.29 is 19.6 Å². The fraction of sp³-hybridized carbons (Fsp3) is 0.333. The predicted molar refractivity (Wildman–Crippen MR) is 69.2 cm³/mol. The van der Waals surface area contributed by atoms with E-state index in [0.29, 0.717) is 0 Å². The number of nitrogens with zero attached hydrogens (tertiary/aromatic N) is 1. The summed E-state index contributed by atoms with van der Waals surface area (Å²) in [5.41, 5.74) is -0.295. The van der Waals surface area contributed by atoms with Crippen molar-refractivity contribution in [3.05, 3.63) is 38.9 Å². The van der Waals surface area contributed by atoms with Gasteiger partial charge in [0.05, 0.1) is 27.5 Å². The summed E-state index contributed by atoms with van der Waals surface area (Å²) in [6.45, 7) is 3.22. The maximum absolute atomic E-state index is 11.9. The third-order valence-electron chi connectivity index (χ3n) is 2.62. The SMILES string of the molecule is CC(C)[C@H](NC(=O)c1ccc([N+](=O)[O-])cc1Cl)C(=O)[O-]. The number of rotatable bonds is 5. The van der Waals surface area contributed by atoms with Gasteiger partial charge in [0.1, 0.15) is 0 Å². The highest BCUT2D eigenvalue weighted by Gasteiger charge is 2.21. The van der Waals surface area contributed by atoms with E-state index in [2.05, 4.69) is 5.32 Å². The highest BCUT2D eigenvalue weighted by atomic mass is 35.5. The minimum absolute atomic E-state index is 0.0378. The van der Waals surface area contributed by atoms with Crippen molar-refractivity contribution in [3.8, 4) is 0 Å². The molecule has 0 saturated carbocycles. The summed E-state index contributed by atoms with van der Waals surface area (Å²) in [7, 11) is 0. The number of aliphatic carboxylic acids is 1. The molecule has 7 nitrogen and oxygen atoms in total. The van der Waals surface area contributed by atoms with Crippen LogP contribution in [0.3, 0.4) is 0 Å². The Labute approximate surface area is 119 Å². The topological polar surface area (TPSA) is 112 Å². The zero-order valence-electron chi connectivity index (χ0n) is 10.8. The van der Waals surface area contributed by atoms with E-state index in [1.807, 2.05) is 0 Å². The van der Waals surface area contributed by atoms with Gasteiger partial charge in [-0.2, -0.15) is 0 Å². The van der Waals surface area contributed by atoms with Gasteiger partial charge < -0.3 is 15.2 Å². The molecule has 0 aliphatic carbocycles. The normalized spacial score (nSPS) is 12.0. The predicted octanol–water partition coefficient (Wildman–Crippen LogP) is 0.752. The van der Waals surface area contributed by atoms with Crippen LogP contribution < -0.4 is 10.4 Å². The molecule has 1 rings (SSSR count). The summed E-state index contributed by atoms with van der Waals surface area (Å²) < 4.78 is 0. The second-order valence-corrected chi connectivity index (χ2v) is 4.84. The van der Waals surface area contributed by atoms with Gasteiger partial charge in [0, 0.05) is 12.1 Å². The highest BCUT2D eigenvalue weighted by molar-refractivity contribution is 6.34. The van der Waals surface area contributed by atoms with E-state index >= 15 is 0 Å². The summed E-state index contributed by atoms with van der Waals surface area (Å²) in [6, 6.07) is 2.14. The number of non-ortho nitro benzene ring substituents is 1. The summed E-state index contributed by atoms with van der Waals surface area (Å²) in [4.78, 5) is 32.7. The molecule has 0 saturated heterocycles. The van der Waals surface area contributed by atoms with Crippen LogP contribution in [0.5, 0.6) is 0 Å². The summed E-state index contributed by atoms with van der Waals surface area (Å²) in [6.07, 6.45) is 0. The van der Waals surface area contributed by atoms with Crippen LogP contribution in [0, 0.1) is 16.0 Å². The molecule has 0 radical (unpaired) electrons. The van der Waals surface area contributed by atoms with Crippen LogP contribution in [0.25, 0.3) is 0 Å². The Bertz CT molecular complexity index is 559. The number of hydrogen-bond donors (Lipinski definition) is 1. The van der Waals surface area contributed by atoms with Gasteiger partial charge in [-0.1, -0.05) is 25.4 Å². The van der Waals surface area contributed by atoms with Gasteiger partial charge in [-0.05, 0) is 12.0 Å². The lowest BCUT2D eigenvalue weighted by Crippen LogP contribution is -2.50. The average Bonchev–Trinajstić information content (AvgIpc) is 2.34. The van der Waals surface area contributed by atoms with Gasteiger partial charge in [-0.25, -0.2) is 0 Å².